The molecular formula is C30H31ClFN5O2. The SMILES string of the molecule is CC(Oc1ccc(F)cn1)[C@H]1CCN(C(=O)C2CCN(c3ccc(C#N)cn3)CC2)C[C@@H]1c1ccc(Cl)cc1. The van der Waals surface area contributed by atoms with Gasteiger partial charge in [0.2, 0.25) is 11.8 Å². The Kier molecular flexibility index (Phi) is 8.27. The standard InChI is InChI=1S/C30H31ClFN5O2/c1-20(39-29-9-7-25(32)18-35-29)26-12-15-37(19-27(26)22-3-5-24(31)6-4-22)30(38)23-10-13-36(14-11-23)28-8-2-21(16-33)17-34-28/h2-9,17-18,20,23,26-27H,10-15,19H2,1H3/t20?,26-,27-/m1/s1. The van der Waals surface area contributed by atoms with Gasteiger partial charge in [-0.15, -0.1) is 0 Å². The molecule has 2 aromatic heterocycles. The predicted molar refractivity (Wildman–Crippen MR) is 147 cm³/mol. The van der Waals surface area contributed by atoms with Crippen LogP contribution >= 0.6 is 11.6 Å². The highest BCUT2D eigenvalue weighted by Gasteiger charge is 2.39. The molecule has 5 rings (SSSR count). The number of rotatable bonds is 6. The Morgan fingerprint density at radius 2 is 1.82 bits per heavy atom. The second kappa shape index (κ2) is 12.0. The highest BCUT2D eigenvalue weighted by molar-refractivity contribution is 6.30. The summed E-state index contributed by atoms with van der Waals surface area (Å²) in [4.78, 5) is 26.3. The van der Waals surface area contributed by atoms with Crippen molar-refractivity contribution in [3.63, 3.8) is 0 Å². The predicted octanol–water partition coefficient (Wildman–Crippen LogP) is 5.46. The van der Waals surface area contributed by atoms with E-state index < -0.39 is 5.82 Å². The zero-order valence-corrected chi connectivity index (χ0v) is 22.6. The highest BCUT2D eigenvalue weighted by atomic mass is 35.5. The molecule has 0 spiro atoms. The fourth-order valence-electron chi connectivity index (χ4n) is 5.76. The smallest absolute Gasteiger partial charge is 0.225 e. The maximum absolute atomic E-state index is 13.7. The number of ether oxygens (including phenoxy) is 1. The molecule has 0 saturated carbocycles. The van der Waals surface area contributed by atoms with E-state index in [0.717, 1.165) is 49.9 Å². The average Bonchev–Trinajstić information content (AvgIpc) is 2.98. The van der Waals surface area contributed by atoms with Gasteiger partial charge in [-0.1, -0.05) is 23.7 Å². The van der Waals surface area contributed by atoms with E-state index in [-0.39, 0.29) is 29.8 Å². The molecule has 2 aliphatic rings. The van der Waals surface area contributed by atoms with Crippen molar-refractivity contribution in [1.82, 2.24) is 14.9 Å². The molecule has 7 nitrogen and oxygen atoms in total. The van der Waals surface area contributed by atoms with Crippen molar-refractivity contribution in [2.75, 3.05) is 31.1 Å². The molecule has 39 heavy (non-hydrogen) atoms. The van der Waals surface area contributed by atoms with Gasteiger partial charge in [-0.2, -0.15) is 5.26 Å². The molecule has 1 unspecified atom stereocenters. The fraction of sp³-hybridized carbons (Fsp3) is 0.400. The van der Waals surface area contributed by atoms with Gasteiger partial charge in [0.15, 0.2) is 0 Å². The lowest BCUT2D eigenvalue weighted by Gasteiger charge is -2.43. The van der Waals surface area contributed by atoms with Crippen molar-refractivity contribution in [2.24, 2.45) is 11.8 Å². The van der Waals surface area contributed by atoms with E-state index >= 15 is 0 Å². The van der Waals surface area contributed by atoms with Crippen LogP contribution in [0.2, 0.25) is 5.02 Å². The molecule has 2 fully saturated rings. The van der Waals surface area contributed by atoms with Crippen LogP contribution in [0.5, 0.6) is 5.88 Å². The quantitative estimate of drug-likeness (QED) is 0.408. The highest BCUT2D eigenvalue weighted by Crippen LogP contribution is 2.37. The van der Waals surface area contributed by atoms with Crippen molar-refractivity contribution in [3.05, 3.63) is 82.9 Å². The first-order chi connectivity index (χ1) is 18.9. The van der Waals surface area contributed by atoms with E-state index in [9.17, 15) is 9.18 Å². The molecule has 2 saturated heterocycles. The maximum atomic E-state index is 13.7. The number of anilines is 1. The minimum absolute atomic E-state index is 0.0286. The van der Waals surface area contributed by atoms with Crippen LogP contribution in [0.1, 0.15) is 43.2 Å². The van der Waals surface area contributed by atoms with Gasteiger partial charge in [0, 0.05) is 61.2 Å². The van der Waals surface area contributed by atoms with Gasteiger partial charge >= 0.3 is 0 Å². The van der Waals surface area contributed by atoms with Crippen LogP contribution < -0.4 is 9.64 Å². The molecule has 0 N–H and O–H groups in total. The molecule has 9 heteroatoms. The van der Waals surface area contributed by atoms with Crippen LogP contribution in [0.4, 0.5) is 10.2 Å². The van der Waals surface area contributed by atoms with Crippen LogP contribution in [0.15, 0.2) is 60.9 Å². The number of benzene rings is 1. The number of aromatic nitrogens is 2. The van der Waals surface area contributed by atoms with Gasteiger partial charge in [-0.3, -0.25) is 4.79 Å². The van der Waals surface area contributed by atoms with Gasteiger partial charge in [-0.25, -0.2) is 14.4 Å². The van der Waals surface area contributed by atoms with Crippen LogP contribution in [-0.2, 0) is 4.79 Å². The van der Waals surface area contributed by atoms with Crippen molar-refractivity contribution >= 4 is 23.3 Å². The molecule has 1 amide bonds. The third-order valence-electron chi connectivity index (χ3n) is 7.93. The first-order valence-electron chi connectivity index (χ1n) is 13.3. The Hall–Kier alpha value is -3.70. The van der Waals surface area contributed by atoms with Gasteiger partial charge in [0.25, 0.3) is 0 Å². The number of carbonyl (C=O) groups is 1. The lowest BCUT2D eigenvalue weighted by Crippen LogP contribution is -2.49. The van der Waals surface area contributed by atoms with Crippen LogP contribution in [0, 0.1) is 29.0 Å². The number of halogens is 2. The molecule has 0 aliphatic carbocycles. The van der Waals surface area contributed by atoms with Crippen LogP contribution in [-0.4, -0.2) is 53.1 Å². The summed E-state index contributed by atoms with van der Waals surface area (Å²) in [7, 11) is 0. The normalized spacial score (nSPS) is 20.8. The van der Waals surface area contributed by atoms with Gasteiger partial charge in [0.05, 0.1) is 11.8 Å². The fourth-order valence-corrected chi connectivity index (χ4v) is 5.88. The molecule has 0 bridgehead atoms. The Morgan fingerprint density at radius 3 is 2.46 bits per heavy atom. The number of amides is 1. The van der Waals surface area contributed by atoms with E-state index in [1.54, 1.807) is 18.3 Å². The zero-order chi connectivity index (χ0) is 27.4. The molecule has 1 aromatic carbocycles. The lowest BCUT2D eigenvalue weighted by molar-refractivity contribution is -0.138. The summed E-state index contributed by atoms with van der Waals surface area (Å²) in [5.41, 5.74) is 1.65. The number of piperidine rings is 2. The Bertz CT molecular complexity index is 1310. The first-order valence-corrected chi connectivity index (χ1v) is 13.7. The number of pyridine rings is 2. The third-order valence-corrected chi connectivity index (χ3v) is 8.18. The van der Waals surface area contributed by atoms with Gasteiger partial charge in [0.1, 0.15) is 23.8 Å². The minimum Gasteiger partial charge on any atom is -0.474 e. The molecule has 0 radical (unpaired) electrons. The Morgan fingerprint density at radius 1 is 1.05 bits per heavy atom. The number of hydrogen-bond acceptors (Lipinski definition) is 6. The van der Waals surface area contributed by atoms with Crippen molar-refractivity contribution < 1.29 is 13.9 Å². The minimum atomic E-state index is -0.403. The molecular weight excluding hydrogens is 517 g/mol. The molecule has 3 aromatic rings. The number of nitrogens with zero attached hydrogens (tertiary/aromatic N) is 5. The van der Waals surface area contributed by atoms with Crippen LogP contribution in [0.3, 0.4) is 0 Å². The van der Waals surface area contributed by atoms with Crippen molar-refractivity contribution in [2.45, 2.75) is 38.2 Å². The summed E-state index contributed by atoms with van der Waals surface area (Å²) in [6, 6.07) is 16.4. The number of likely N-dealkylation sites (tertiary alicyclic amines) is 1. The topological polar surface area (TPSA) is 82.4 Å². The van der Waals surface area contributed by atoms with Gasteiger partial charge < -0.3 is 14.5 Å². The first kappa shape index (κ1) is 26.9. The summed E-state index contributed by atoms with van der Waals surface area (Å²) in [5, 5.41) is 9.68. The summed E-state index contributed by atoms with van der Waals surface area (Å²) in [6.45, 7) is 4.79. The monoisotopic (exact) mass is 547 g/mol. The average molecular weight is 548 g/mol. The Balaban J connectivity index is 1.25. The molecule has 2 aliphatic heterocycles. The van der Waals surface area contributed by atoms with E-state index in [1.165, 1.54) is 6.07 Å². The second-order valence-electron chi connectivity index (χ2n) is 10.3. The molecule has 202 valence electrons. The summed E-state index contributed by atoms with van der Waals surface area (Å²) >= 11 is 6.17. The largest absolute Gasteiger partial charge is 0.474 e. The summed E-state index contributed by atoms with van der Waals surface area (Å²) < 4.78 is 19.4. The van der Waals surface area contributed by atoms with Crippen molar-refractivity contribution in [3.8, 4) is 11.9 Å². The number of hydrogen-bond donors (Lipinski definition) is 0. The zero-order valence-electron chi connectivity index (χ0n) is 21.8. The van der Waals surface area contributed by atoms with Crippen LogP contribution in [0.25, 0.3) is 0 Å². The molecule has 3 atom stereocenters. The molecule has 4 heterocycles. The van der Waals surface area contributed by atoms with E-state index in [0.29, 0.717) is 29.6 Å². The summed E-state index contributed by atoms with van der Waals surface area (Å²) in [6.07, 6.45) is 4.88. The van der Waals surface area contributed by atoms with Crippen molar-refractivity contribution in [1.29, 1.82) is 5.26 Å². The van der Waals surface area contributed by atoms with E-state index in [1.807, 2.05) is 42.2 Å². The third kappa shape index (κ3) is 6.31. The van der Waals surface area contributed by atoms with E-state index in [4.69, 9.17) is 21.6 Å². The Labute approximate surface area is 233 Å². The lowest BCUT2D eigenvalue weighted by atomic mass is 9.77. The maximum Gasteiger partial charge on any atom is 0.225 e. The van der Waals surface area contributed by atoms with Gasteiger partial charge in [-0.05, 0) is 62.1 Å². The number of nitriles is 1. The van der Waals surface area contributed by atoms with E-state index in [2.05, 4.69) is 20.9 Å². The number of carbonyl (C=O) groups excluding carboxylic acids is 1. The summed E-state index contributed by atoms with van der Waals surface area (Å²) in [5.74, 6) is 1.21. The second-order valence-corrected chi connectivity index (χ2v) is 10.7.